The highest BCUT2D eigenvalue weighted by Crippen LogP contribution is 2.23. The molecule has 0 radical (unpaired) electrons. The number of hydrogen-bond donors (Lipinski definition) is 0. The first-order valence-corrected chi connectivity index (χ1v) is 6.08. The Bertz CT molecular complexity index is 431. The van der Waals surface area contributed by atoms with Gasteiger partial charge in [-0.05, 0) is 31.5 Å². The maximum absolute atomic E-state index is 11.6. The minimum Gasteiger partial charge on any atom is -0.478 e. The molecule has 0 aromatic heterocycles. The predicted octanol–water partition coefficient (Wildman–Crippen LogP) is 2.87. The molecular weight excluding hydrogens is 256 g/mol. The number of benzene rings is 1. The summed E-state index contributed by atoms with van der Waals surface area (Å²) in [5, 5.41) is 0.439. The fourth-order valence-electron chi connectivity index (χ4n) is 1.41. The highest BCUT2D eigenvalue weighted by Gasteiger charge is 2.20. The Hall–Kier alpha value is -1.55. The fourth-order valence-corrected chi connectivity index (χ4v) is 1.59. The highest BCUT2D eigenvalue weighted by atomic mass is 35.5. The summed E-state index contributed by atoms with van der Waals surface area (Å²) in [5.74, 6) is -0.110. The molecule has 4 nitrogen and oxygen atoms in total. The third kappa shape index (κ3) is 3.74. The molecule has 1 rings (SSSR count). The van der Waals surface area contributed by atoms with Gasteiger partial charge < -0.3 is 9.47 Å². The molecule has 1 unspecified atom stereocenters. The molecule has 0 saturated heterocycles. The van der Waals surface area contributed by atoms with Crippen LogP contribution in [0.2, 0.25) is 5.02 Å². The second kappa shape index (κ2) is 7.01. The molecule has 0 heterocycles. The van der Waals surface area contributed by atoms with Gasteiger partial charge in [-0.15, -0.1) is 0 Å². The first kappa shape index (κ1) is 14.5. The molecule has 1 aromatic carbocycles. The minimum atomic E-state index is -0.718. The molecule has 0 aliphatic heterocycles. The van der Waals surface area contributed by atoms with E-state index in [-0.39, 0.29) is 0 Å². The van der Waals surface area contributed by atoms with Crippen LogP contribution in [-0.4, -0.2) is 25.0 Å². The zero-order chi connectivity index (χ0) is 13.5. The Kier molecular flexibility index (Phi) is 5.65. The summed E-state index contributed by atoms with van der Waals surface area (Å²) in [5.41, 5.74) is 0.310. The molecule has 0 spiro atoms. The lowest BCUT2D eigenvalue weighted by atomic mass is 10.2. The number of esters is 1. The van der Waals surface area contributed by atoms with Gasteiger partial charge >= 0.3 is 5.97 Å². The van der Waals surface area contributed by atoms with Crippen molar-refractivity contribution in [1.29, 1.82) is 0 Å². The number of carbonyl (C=O) groups is 2. The summed E-state index contributed by atoms with van der Waals surface area (Å²) < 4.78 is 10.4. The molecule has 0 aliphatic carbocycles. The standard InChI is InChI=1S/C13H15ClO4/c1-3-11(13(16)17-4-2)18-12-6-5-10(14)7-9(12)8-15/h5-8,11H,3-4H2,1-2H3. The zero-order valence-electron chi connectivity index (χ0n) is 10.3. The summed E-state index contributed by atoms with van der Waals surface area (Å²) in [6, 6.07) is 4.65. The van der Waals surface area contributed by atoms with Crippen LogP contribution in [0.15, 0.2) is 18.2 Å². The monoisotopic (exact) mass is 270 g/mol. The van der Waals surface area contributed by atoms with Gasteiger partial charge in [-0.1, -0.05) is 18.5 Å². The second-order valence-corrected chi connectivity index (χ2v) is 4.00. The number of rotatable bonds is 6. The smallest absolute Gasteiger partial charge is 0.347 e. The molecule has 0 fully saturated rings. The molecule has 0 N–H and O–H groups in total. The lowest BCUT2D eigenvalue weighted by molar-refractivity contribution is -0.151. The van der Waals surface area contributed by atoms with Gasteiger partial charge in [0, 0.05) is 5.02 Å². The first-order valence-electron chi connectivity index (χ1n) is 5.70. The van der Waals surface area contributed by atoms with Crippen molar-refractivity contribution in [2.75, 3.05) is 6.61 Å². The van der Waals surface area contributed by atoms with Crippen LogP contribution in [0.3, 0.4) is 0 Å². The van der Waals surface area contributed by atoms with Crippen molar-refractivity contribution in [3.63, 3.8) is 0 Å². The summed E-state index contributed by atoms with van der Waals surface area (Å²) in [4.78, 5) is 22.5. The molecule has 18 heavy (non-hydrogen) atoms. The van der Waals surface area contributed by atoms with E-state index < -0.39 is 12.1 Å². The topological polar surface area (TPSA) is 52.6 Å². The van der Waals surface area contributed by atoms with Crippen molar-refractivity contribution in [1.82, 2.24) is 0 Å². The fraction of sp³-hybridized carbons (Fsp3) is 0.385. The first-order chi connectivity index (χ1) is 8.62. The summed E-state index contributed by atoms with van der Waals surface area (Å²) in [7, 11) is 0. The van der Waals surface area contributed by atoms with Crippen molar-refractivity contribution in [2.24, 2.45) is 0 Å². The number of carbonyl (C=O) groups excluding carboxylic acids is 2. The Morgan fingerprint density at radius 1 is 1.44 bits per heavy atom. The van der Waals surface area contributed by atoms with Crippen molar-refractivity contribution in [3.05, 3.63) is 28.8 Å². The van der Waals surface area contributed by atoms with E-state index in [1.807, 2.05) is 0 Å². The van der Waals surface area contributed by atoms with Gasteiger partial charge in [0.1, 0.15) is 5.75 Å². The molecule has 0 saturated carbocycles. The predicted molar refractivity (Wildman–Crippen MR) is 68.2 cm³/mol. The Morgan fingerprint density at radius 2 is 2.17 bits per heavy atom. The summed E-state index contributed by atoms with van der Waals surface area (Å²) in [6.45, 7) is 3.82. The molecule has 0 bridgehead atoms. The van der Waals surface area contributed by atoms with Gasteiger partial charge in [-0.25, -0.2) is 4.79 Å². The SMILES string of the molecule is CCOC(=O)C(CC)Oc1ccc(Cl)cc1C=O. The Labute approximate surface area is 111 Å². The van der Waals surface area contributed by atoms with Crippen LogP contribution in [0.1, 0.15) is 30.6 Å². The quantitative estimate of drug-likeness (QED) is 0.589. The van der Waals surface area contributed by atoms with Gasteiger partial charge in [0.2, 0.25) is 0 Å². The van der Waals surface area contributed by atoms with Crippen LogP contribution in [-0.2, 0) is 9.53 Å². The number of aldehydes is 1. The number of halogens is 1. The molecular formula is C13H15ClO4. The summed E-state index contributed by atoms with van der Waals surface area (Å²) >= 11 is 5.77. The normalized spacial score (nSPS) is 11.7. The Morgan fingerprint density at radius 3 is 2.72 bits per heavy atom. The van der Waals surface area contributed by atoms with Crippen molar-refractivity contribution < 1.29 is 19.1 Å². The van der Waals surface area contributed by atoms with E-state index >= 15 is 0 Å². The molecule has 1 atom stereocenters. The van der Waals surface area contributed by atoms with Crippen LogP contribution in [0, 0.1) is 0 Å². The van der Waals surface area contributed by atoms with Crippen LogP contribution in [0.25, 0.3) is 0 Å². The second-order valence-electron chi connectivity index (χ2n) is 3.57. The van der Waals surface area contributed by atoms with Crippen molar-refractivity contribution in [3.8, 4) is 5.75 Å². The van der Waals surface area contributed by atoms with Gasteiger partial charge in [0.05, 0.1) is 12.2 Å². The van der Waals surface area contributed by atoms with E-state index in [1.165, 1.54) is 6.07 Å². The zero-order valence-corrected chi connectivity index (χ0v) is 11.1. The van der Waals surface area contributed by atoms with Crippen LogP contribution in [0.4, 0.5) is 0 Å². The Balaban J connectivity index is 2.87. The van der Waals surface area contributed by atoms with Crippen LogP contribution < -0.4 is 4.74 Å². The van der Waals surface area contributed by atoms with Gasteiger partial charge in [-0.3, -0.25) is 4.79 Å². The van der Waals surface area contributed by atoms with Crippen LogP contribution in [0.5, 0.6) is 5.75 Å². The van der Waals surface area contributed by atoms with Gasteiger partial charge in [0.25, 0.3) is 0 Å². The van der Waals surface area contributed by atoms with E-state index in [4.69, 9.17) is 21.1 Å². The third-order valence-corrected chi connectivity index (χ3v) is 2.52. The molecule has 5 heteroatoms. The highest BCUT2D eigenvalue weighted by molar-refractivity contribution is 6.30. The van der Waals surface area contributed by atoms with Gasteiger partial charge in [-0.2, -0.15) is 0 Å². The average molecular weight is 271 g/mol. The van der Waals surface area contributed by atoms with E-state index in [1.54, 1.807) is 26.0 Å². The third-order valence-electron chi connectivity index (χ3n) is 2.29. The van der Waals surface area contributed by atoms with E-state index in [0.717, 1.165) is 0 Å². The number of hydrogen-bond acceptors (Lipinski definition) is 4. The lowest BCUT2D eigenvalue weighted by Gasteiger charge is -2.17. The largest absolute Gasteiger partial charge is 0.478 e. The van der Waals surface area contributed by atoms with Crippen molar-refractivity contribution in [2.45, 2.75) is 26.4 Å². The molecule has 0 amide bonds. The van der Waals surface area contributed by atoms with Crippen molar-refractivity contribution >= 4 is 23.9 Å². The van der Waals surface area contributed by atoms with E-state index in [0.29, 0.717) is 35.6 Å². The van der Waals surface area contributed by atoms with Gasteiger partial charge in [0.15, 0.2) is 12.4 Å². The average Bonchev–Trinajstić information content (AvgIpc) is 2.37. The van der Waals surface area contributed by atoms with Crippen LogP contribution >= 0.6 is 11.6 Å². The maximum atomic E-state index is 11.6. The minimum absolute atomic E-state index is 0.292. The molecule has 98 valence electrons. The lowest BCUT2D eigenvalue weighted by Crippen LogP contribution is -2.29. The maximum Gasteiger partial charge on any atom is 0.347 e. The van der Waals surface area contributed by atoms with E-state index in [9.17, 15) is 9.59 Å². The molecule has 0 aliphatic rings. The van der Waals surface area contributed by atoms with E-state index in [2.05, 4.69) is 0 Å². The summed E-state index contributed by atoms with van der Waals surface area (Å²) in [6.07, 6.45) is 0.378. The molecule has 1 aromatic rings. The number of ether oxygens (including phenoxy) is 2.